The van der Waals surface area contributed by atoms with Crippen molar-refractivity contribution in [1.82, 2.24) is 0 Å². The molecule has 2 atom stereocenters. The first kappa shape index (κ1) is 25.8. The van der Waals surface area contributed by atoms with Crippen molar-refractivity contribution in [3.63, 3.8) is 0 Å². The van der Waals surface area contributed by atoms with E-state index in [9.17, 15) is 9.59 Å². The SMILES string of the molecule is CCOC(=O)C(C)(C)c1cc2c(c(O[Si](C)(C)C(C)(C)C)c1)[C@@H]1CC(=O)CC[C@H]1C(C)(C)O2. The summed E-state index contributed by atoms with van der Waals surface area (Å²) in [6, 6.07) is 3.98. The molecule has 3 rings (SSSR count). The Morgan fingerprint density at radius 1 is 1.18 bits per heavy atom. The van der Waals surface area contributed by atoms with Gasteiger partial charge in [-0.05, 0) is 76.9 Å². The molecule has 1 fully saturated rings. The van der Waals surface area contributed by atoms with Crippen molar-refractivity contribution in [2.45, 2.75) is 110 Å². The third kappa shape index (κ3) is 4.73. The molecule has 1 aliphatic heterocycles. The van der Waals surface area contributed by atoms with Crippen LogP contribution in [0.15, 0.2) is 12.1 Å². The van der Waals surface area contributed by atoms with E-state index in [0.717, 1.165) is 29.0 Å². The number of benzene rings is 1. The lowest BCUT2D eigenvalue weighted by Crippen LogP contribution is -2.48. The molecule has 0 radical (unpaired) electrons. The average Bonchev–Trinajstić information content (AvgIpc) is 2.65. The summed E-state index contributed by atoms with van der Waals surface area (Å²) >= 11 is 0. The van der Waals surface area contributed by atoms with Crippen molar-refractivity contribution < 1.29 is 23.5 Å². The number of fused-ring (bicyclic) bond motifs is 3. The number of rotatable bonds is 5. The van der Waals surface area contributed by atoms with Crippen LogP contribution in [0.4, 0.5) is 0 Å². The normalized spacial score (nSPS) is 22.7. The minimum atomic E-state index is -2.20. The van der Waals surface area contributed by atoms with Crippen LogP contribution in [0.5, 0.6) is 11.5 Å². The van der Waals surface area contributed by atoms with E-state index >= 15 is 0 Å². The summed E-state index contributed by atoms with van der Waals surface area (Å²) in [5.74, 6) is 1.84. The van der Waals surface area contributed by atoms with Crippen LogP contribution in [0.1, 0.15) is 91.7 Å². The van der Waals surface area contributed by atoms with Crippen LogP contribution in [-0.2, 0) is 19.7 Å². The van der Waals surface area contributed by atoms with Gasteiger partial charge in [0.05, 0.1) is 12.0 Å². The third-order valence-electron chi connectivity index (χ3n) is 8.09. The smallest absolute Gasteiger partial charge is 0.315 e. The topological polar surface area (TPSA) is 61.8 Å². The summed E-state index contributed by atoms with van der Waals surface area (Å²) < 4.78 is 18.9. The predicted molar refractivity (Wildman–Crippen MR) is 134 cm³/mol. The standard InChI is InChI=1S/C27H42O5Si/c1-11-30-24(29)26(5,6)17-14-21-23(22(15-17)32-33(9,10)25(2,3)4)19-16-18(28)12-13-20(19)27(7,8)31-21/h14-15,19-20H,11-13,16H2,1-10H3/t19-,20-/m1/s1. The molecular weight excluding hydrogens is 432 g/mol. The lowest BCUT2D eigenvalue weighted by Gasteiger charge is -2.48. The van der Waals surface area contributed by atoms with Crippen LogP contribution < -0.4 is 9.16 Å². The number of ketones is 1. The van der Waals surface area contributed by atoms with Gasteiger partial charge in [-0.25, -0.2) is 0 Å². The van der Waals surface area contributed by atoms with E-state index in [1.165, 1.54) is 0 Å². The molecule has 5 nitrogen and oxygen atoms in total. The second kappa shape index (κ2) is 8.44. The lowest BCUT2D eigenvalue weighted by molar-refractivity contribution is -0.148. The van der Waals surface area contributed by atoms with Crippen LogP contribution in [0.2, 0.25) is 18.1 Å². The number of hydrogen-bond donors (Lipinski definition) is 0. The molecular formula is C27H42O5Si. The Bertz CT molecular complexity index is 939. The molecule has 1 aromatic rings. The van der Waals surface area contributed by atoms with E-state index < -0.39 is 19.3 Å². The molecule has 2 aliphatic rings. The average molecular weight is 475 g/mol. The van der Waals surface area contributed by atoms with Crippen molar-refractivity contribution in [1.29, 1.82) is 0 Å². The van der Waals surface area contributed by atoms with E-state index in [1.54, 1.807) is 0 Å². The lowest BCUT2D eigenvalue weighted by atomic mass is 9.66. The first-order valence-electron chi connectivity index (χ1n) is 12.3. The zero-order valence-corrected chi connectivity index (χ0v) is 23.2. The van der Waals surface area contributed by atoms with Gasteiger partial charge < -0.3 is 13.9 Å². The highest BCUT2D eigenvalue weighted by atomic mass is 28.4. The first-order valence-corrected chi connectivity index (χ1v) is 15.2. The zero-order chi connectivity index (χ0) is 25.0. The molecule has 0 spiro atoms. The molecule has 1 aromatic carbocycles. The molecule has 0 aromatic heterocycles. The second-order valence-corrected chi connectivity index (χ2v) is 17.0. The minimum Gasteiger partial charge on any atom is -0.543 e. The summed E-state index contributed by atoms with van der Waals surface area (Å²) in [6.07, 6.45) is 1.94. The first-order chi connectivity index (χ1) is 15.0. The molecule has 0 bridgehead atoms. The van der Waals surface area contributed by atoms with Crippen LogP contribution in [0.25, 0.3) is 0 Å². The van der Waals surface area contributed by atoms with E-state index in [0.29, 0.717) is 25.2 Å². The Morgan fingerprint density at radius 3 is 2.39 bits per heavy atom. The van der Waals surface area contributed by atoms with Crippen LogP contribution in [-0.4, -0.2) is 32.3 Å². The van der Waals surface area contributed by atoms with Crippen LogP contribution >= 0.6 is 0 Å². The molecule has 33 heavy (non-hydrogen) atoms. The van der Waals surface area contributed by atoms with Crippen LogP contribution in [0, 0.1) is 5.92 Å². The Labute approximate surface area is 200 Å². The molecule has 0 saturated heterocycles. The molecule has 0 N–H and O–H groups in total. The van der Waals surface area contributed by atoms with Gasteiger partial charge in [0.1, 0.15) is 22.9 Å². The minimum absolute atomic E-state index is 0.00310. The molecule has 1 heterocycles. The van der Waals surface area contributed by atoms with Gasteiger partial charge in [-0.15, -0.1) is 0 Å². The third-order valence-corrected chi connectivity index (χ3v) is 12.4. The van der Waals surface area contributed by atoms with Gasteiger partial charge in [0.15, 0.2) is 0 Å². The Hall–Kier alpha value is -1.82. The predicted octanol–water partition coefficient (Wildman–Crippen LogP) is 6.54. The molecule has 0 amide bonds. The van der Waals surface area contributed by atoms with Gasteiger partial charge in [-0.3, -0.25) is 9.59 Å². The monoisotopic (exact) mass is 474 g/mol. The summed E-state index contributed by atoms with van der Waals surface area (Å²) in [6.45, 7) is 21.2. The van der Waals surface area contributed by atoms with Gasteiger partial charge in [0, 0.05) is 30.2 Å². The fraction of sp³-hybridized carbons (Fsp3) is 0.704. The van der Waals surface area contributed by atoms with E-state index in [-0.39, 0.29) is 22.8 Å². The van der Waals surface area contributed by atoms with E-state index in [2.05, 4.69) is 47.7 Å². The van der Waals surface area contributed by atoms with Gasteiger partial charge in [-0.1, -0.05) is 20.8 Å². The van der Waals surface area contributed by atoms with Gasteiger partial charge in [-0.2, -0.15) is 0 Å². The van der Waals surface area contributed by atoms with Crippen molar-refractivity contribution >= 4 is 20.1 Å². The summed E-state index contributed by atoms with van der Waals surface area (Å²) in [4.78, 5) is 25.4. The molecule has 1 saturated carbocycles. The second-order valence-electron chi connectivity index (χ2n) is 12.3. The Balaban J connectivity index is 2.23. The number of esters is 1. The number of ether oxygens (including phenoxy) is 2. The maximum atomic E-state index is 12.8. The molecule has 0 unspecified atom stereocenters. The van der Waals surface area contributed by atoms with Crippen molar-refractivity contribution in [3.8, 4) is 11.5 Å². The fourth-order valence-electron chi connectivity index (χ4n) is 4.86. The van der Waals surface area contributed by atoms with E-state index in [4.69, 9.17) is 13.9 Å². The number of carbonyl (C=O) groups is 2. The quantitative estimate of drug-likeness (QED) is 0.358. The van der Waals surface area contributed by atoms with Crippen molar-refractivity contribution in [2.75, 3.05) is 6.61 Å². The molecule has 184 valence electrons. The maximum Gasteiger partial charge on any atom is 0.315 e. The van der Waals surface area contributed by atoms with Gasteiger partial charge >= 0.3 is 5.97 Å². The highest BCUT2D eigenvalue weighted by Crippen LogP contribution is 2.55. The zero-order valence-electron chi connectivity index (χ0n) is 22.2. The summed E-state index contributed by atoms with van der Waals surface area (Å²) in [5.41, 5.74) is 0.549. The Morgan fingerprint density at radius 2 is 1.82 bits per heavy atom. The number of hydrogen-bond acceptors (Lipinski definition) is 5. The van der Waals surface area contributed by atoms with Gasteiger partial charge in [0.2, 0.25) is 8.32 Å². The van der Waals surface area contributed by atoms with Crippen molar-refractivity contribution in [2.24, 2.45) is 5.92 Å². The highest BCUT2D eigenvalue weighted by molar-refractivity contribution is 6.74. The van der Waals surface area contributed by atoms with Crippen LogP contribution in [0.3, 0.4) is 0 Å². The highest BCUT2D eigenvalue weighted by Gasteiger charge is 2.49. The van der Waals surface area contributed by atoms with Crippen molar-refractivity contribution in [3.05, 3.63) is 23.3 Å². The summed E-state index contributed by atoms with van der Waals surface area (Å²) in [7, 11) is -2.20. The number of Topliss-reactive ketones (excluding diaryl/α,β-unsaturated/α-hetero) is 1. The van der Waals surface area contributed by atoms with E-state index in [1.807, 2.05) is 32.9 Å². The van der Waals surface area contributed by atoms with Gasteiger partial charge in [0.25, 0.3) is 0 Å². The molecule has 1 aliphatic carbocycles. The Kier molecular flexibility index (Phi) is 6.60. The maximum absolute atomic E-state index is 12.8. The molecule has 6 heteroatoms. The largest absolute Gasteiger partial charge is 0.543 e. The number of carbonyl (C=O) groups excluding carboxylic acids is 2. The summed E-state index contributed by atoms with van der Waals surface area (Å²) in [5, 5.41) is 0.00310. The fourth-order valence-corrected chi connectivity index (χ4v) is 5.88.